The smallest absolute Gasteiger partial charge is 0.410 e. The van der Waals surface area contributed by atoms with E-state index >= 15 is 0 Å². The van der Waals surface area contributed by atoms with E-state index in [0.717, 1.165) is 12.4 Å². The van der Waals surface area contributed by atoms with E-state index < -0.39 is 58.8 Å². The Kier molecular flexibility index (Phi) is 13.4. The third-order valence-electron chi connectivity index (χ3n) is 8.38. The van der Waals surface area contributed by atoms with Gasteiger partial charge in [-0.05, 0) is 91.5 Å². The van der Waals surface area contributed by atoms with Crippen LogP contribution in [0.25, 0.3) is 0 Å². The van der Waals surface area contributed by atoms with Gasteiger partial charge in [0.15, 0.2) is 0 Å². The average molecular weight is 790 g/mol. The summed E-state index contributed by atoms with van der Waals surface area (Å²) in [5, 5.41) is 21.9. The van der Waals surface area contributed by atoms with E-state index in [1.807, 2.05) is 0 Å². The molecule has 0 spiro atoms. The fourth-order valence-corrected chi connectivity index (χ4v) is 6.22. The van der Waals surface area contributed by atoms with E-state index in [9.17, 15) is 46.1 Å². The van der Waals surface area contributed by atoms with Crippen LogP contribution < -0.4 is 0 Å². The van der Waals surface area contributed by atoms with Gasteiger partial charge in [-0.25, -0.2) is 9.59 Å². The number of hydrogen-bond donors (Lipinski definition) is 2. The standard InChI is InChI=1S/2C17H22ClF3N2O3/c2*1-15(2,3)26-14(24)23-8-6-16(25,7-9-23)13(17(19,20)21)12-5-4-11(18)10-22-12/h2*4-5,10,13,25H,6-9H2,1-3H3/t13-;/m0./s1. The van der Waals surface area contributed by atoms with Crippen LogP contribution in [0.1, 0.15) is 90.4 Å². The maximum Gasteiger partial charge on any atom is 0.410 e. The lowest BCUT2D eigenvalue weighted by Crippen LogP contribution is -2.53. The SMILES string of the molecule is CC(C)(C)OC(=O)N1CCC(O)(C(c2ccc(Cl)cn2)C(F)(F)F)CC1.CC(C)(C)OC(=O)N1CCC(O)([C@H](c2ccc(Cl)cn2)C(F)(F)F)CC1. The van der Waals surface area contributed by atoms with Crippen molar-refractivity contribution in [3.8, 4) is 0 Å². The molecule has 2 amide bonds. The molecular weight excluding hydrogens is 745 g/mol. The van der Waals surface area contributed by atoms with Crippen LogP contribution in [-0.4, -0.2) is 103 Å². The normalized spacial score (nSPS) is 19.2. The molecule has 10 nitrogen and oxygen atoms in total. The fourth-order valence-electron chi connectivity index (χ4n) is 5.99. The van der Waals surface area contributed by atoms with E-state index in [4.69, 9.17) is 32.7 Å². The number of aliphatic hydroxyl groups is 2. The first-order valence-electron chi connectivity index (χ1n) is 16.4. The molecule has 0 radical (unpaired) electrons. The van der Waals surface area contributed by atoms with Gasteiger partial charge in [0, 0.05) is 38.6 Å². The van der Waals surface area contributed by atoms with Crippen molar-refractivity contribution in [3.63, 3.8) is 0 Å². The van der Waals surface area contributed by atoms with Gasteiger partial charge in [0.25, 0.3) is 0 Å². The number of aromatic nitrogens is 2. The Labute approximate surface area is 308 Å². The number of piperidine rings is 2. The van der Waals surface area contributed by atoms with Crippen molar-refractivity contribution in [3.05, 3.63) is 58.1 Å². The van der Waals surface area contributed by atoms with Gasteiger partial charge in [-0.1, -0.05) is 23.2 Å². The molecule has 2 aliphatic rings. The second-order valence-corrected chi connectivity index (χ2v) is 15.8. The molecule has 0 bridgehead atoms. The summed E-state index contributed by atoms with van der Waals surface area (Å²) in [4.78, 5) is 34.3. The number of likely N-dealkylation sites (tertiary alicyclic amines) is 2. The average Bonchev–Trinajstić information content (AvgIpc) is 2.97. The third-order valence-corrected chi connectivity index (χ3v) is 8.83. The molecule has 2 aliphatic heterocycles. The number of carbonyl (C=O) groups is 2. The zero-order valence-corrected chi connectivity index (χ0v) is 31.1. The summed E-state index contributed by atoms with van der Waals surface area (Å²) in [6.45, 7) is 10.1. The number of amides is 2. The number of halogens is 8. The number of carbonyl (C=O) groups excluding carboxylic acids is 2. The van der Waals surface area contributed by atoms with E-state index in [1.54, 1.807) is 41.5 Å². The summed E-state index contributed by atoms with van der Waals surface area (Å²) in [6, 6.07) is 4.95. The topological polar surface area (TPSA) is 125 Å². The Morgan fingerprint density at radius 2 is 0.942 bits per heavy atom. The molecule has 292 valence electrons. The number of rotatable bonds is 4. The molecule has 52 heavy (non-hydrogen) atoms. The molecule has 2 atom stereocenters. The van der Waals surface area contributed by atoms with Crippen molar-refractivity contribution in [1.29, 1.82) is 0 Å². The lowest BCUT2D eigenvalue weighted by Gasteiger charge is -2.43. The van der Waals surface area contributed by atoms with Crippen LogP contribution in [-0.2, 0) is 9.47 Å². The molecule has 0 aliphatic carbocycles. The highest BCUT2D eigenvalue weighted by Gasteiger charge is 2.57. The van der Waals surface area contributed by atoms with Crippen LogP contribution in [0, 0.1) is 0 Å². The maximum atomic E-state index is 13.7. The van der Waals surface area contributed by atoms with Crippen LogP contribution in [0.15, 0.2) is 36.7 Å². The molecule has 2 fully saturated rings. The summed E-state index contributed by atoms with van der Waals surface area (Å²) < 4.78 is 92.5. The highest BCUT2D eigenvalue weighted by atomic mass is 35.5. The number of nitrogens with zero attached hydrogens (tertiary/aromatic N) is 4. The second-order valence-electron chi connectivity index (χ2n) is 14.9. The predicted molar refractivity (Wildman–Crippen MR) is 180 cm³/mol. The van der Waals surface area contributed by atoms with E-state index in [2.05, 4.69) is 9.97 Å². The summed E-state index contributed by atoms with van der Waals surface area (Å²) >= 11 is 11.4. The molecule has 18 heteroatoms. The van der Waals surface area contributed by atoms with E-state index in [1.165, 1.54) is 34.1 Å². The van der Waals surface area contributed by atoms with Gasteiger partial charge < -0.3 is 29.5 Å². The summed E-state index contributed by atoms with van der Waals surface area (Å²) in [6.07, 6.45) is -9.29. The lowest BCUT2D eigenvalue weighted by molar-refractivity contribution is -0.207. The molecule has 2 aromatic heterocycles. The van der Waals surface area contributed by atoms with E-state index in [-0.39, 0.29) is 73.3 Å². The van der Waals surface area contributed by atoms with Gasteiger partial charge in [0.1, 0.15) is 23.0 Å². The molecule has 0 aromatic carbocycles. The maximum absolute atomic E-state index is 13.7. The van der Waals surface area contributed by atoms with Gasteiger partial charge >= 0.3 is 24.5 Å². The Morgan fingerprint density at radius 3 is 1.15 bits per heavy atom. The molecule has 4 heterocycles. The minimum absolute atomic E-state index is 0.0361. The largest absolute Gasteiger partial charge is 0.444 e. The third kappa shape index (κ3) is 12.0. The molecule has 2 N–H and O–H groups in total. The predicted octanol–water partition coefficient (Wildman–Crippen LogP) is 8.29. The number of pyridine rings is 2. The van der Waals surface area contributed by atoms with Crippen molar-refractivity contribution in [1.82, 2.24) is 19.8 Å². The van der Waals surface area contributed by atoms with E-state index in [0.29, 0.717) is 0 Å². The van der Waals surface area contributed by atoms with Crippen molar-refractivity contribution in [2.45, 2.75) is 114 Å². The van der Waals surface area contributed by atoms with Gasteiger partial charge in [-0.3, -0.25) is 9.97 Å². The second kappa shape index (κ2) is 16.1. The summed E-state index contributed by atoms with van der Waals surface area (Å²) in [5.41, 5.74) is -6.11. The molecular formula is C34H44Cl2F6N4O6. The monoisotopic (exact) mass is 788 g/mol. The first kappa shape index (κ1) is 43.3. The van der Waals surface area contributed by atoms with Gasteiger partial charge in [-0.2, -0.15) is 26.3 Å². The quantitative estimate of drug-likeness (QED) is 0.297. The van der Waals surface area contributed by atoms with Crippen molar-refractivity contribution < 1.29 is 55.6 Å². The van der Waals surface area contributed by atoms with Crippen LogP contribution in [0.3, 0.4) is 0 Å². The lowest BCUT2D eigenvalue weighted by atomic mass is 9.77. The Hall–Kier alpha value is -3.08. The fraction of sp³-hybridized carbons (Fsp3) is 0.647. The molecule has 2 aromatic rings. The van der Waals surface area contributed by atoms with Crippen LogP contribution >= 0.6 is 23.2 Å². The Bertz CT molecular complexity index is 1390. The first-order valence-corrected chi connectivity index (χ1v) is 17.2. The van der Waals surface area contributed by atoms with Crippen molar-refractivity contribution in [2.75, 3.05) is 26.2 Å². The zero-order valence-electron chi connectivity index (χ0n) is 29.6. The minimum atomic E-state index is -4.69. The molecule has 4 rings (SSSR count). The molecule has 0 saturated carbocycles. The number of hydrogen-bond acceptors (Lipinski definition) is 8. The number of alkyl halides is 6. The summed E-state index contributed by atoms with van der Waals surface area (Å²) in [5.74, 6) is -4.32. The highest BCUT2D eigenvalue weighted by Crippen LogP contribution is 2.48. The number of ether oxygens (including phenoxy) is 2. The van der Waals surface area contributed by atoms with Crippen molar-refractivity contribution in [2.24, 2.45) is 0 Å². The first-order chi connectivity index (χ1) is 23.6. The Morgan fingerprint density at radius 1 is 0.654 bits per heavy atom. The van der Waals surface area contributed by atoms with Gasteiger partial charge in [0.2, 0.25) is 0 Å². The zero-order chi connectivity index (χ0) is 39.5. The van der Waals surface area contributed by atoms with Crippen LogP contribution in [0.4, 0.5) is 35.9 Å². The van der Waals surface area contributed by atoms with Gasteiger partial charge in [0.05, 0.1) is 32.6 Å². The molecule has 1 unspecified atom stereocenters. The Balaban J connectivity index is 0.000000280. The highest BCUT2D eigenvalue weighted by molar-refractivity contribution is 6.30. The summed E-state index contributed by atoms with van der Waals surface area (Å²) in [7, 11) is 0. The van der Waals surface area contributed by atoms with Gasteiger partial charge in [-0.15, -0.1) is 0 Å². The minimum Gasteiger partial charge on any atom is -0.444 e. The van der Waals surface area contributed by atoms with Crippen LogP contribution in [0.5, 0.6) is 0 Å². The van der Waals surface area contributed by atoms with Crippen LogP contribution in [0.2, 0.25) is 10.0 Å². The van der Waals surface area contributed by atoms with Crippen molar-refractivity contribution >= 4 is 35.4 Å². The molecule has 2 saturated heterocycles.